The molecule has 6 heteroatoms. The highest BCUT2D eigenvalue weighted by molar-refractivity contribution is 7.97. The Labute approximate surface area is 118 Å². The van der Waals surface area contributed by atoms with Gasteiger partial charge in [-0.05, 0) is 29.6 Å². The molecule has 0 atom stereocenters. The molecule has 0 aliphatic heterocycles. The van der Waals surface area contributed by atoms with E-state index in [1.54, 1.807) is 27.8 Å². The smallest absolute Gasteiger partial charge is 0.192 e. The summed E-state index contributed by atoms with van der Waals surface area (Å²) in [5.74, 6) is 0.721. The fourth-order valence-electron chi connectivity index (χ4n) is 1.54. The average molecular weight is 284 g/mol. The molecule has 0 bridgehead atoms. The molecule has 0 fully saturated rings. The number of nitriles is 1. The molecule has 3 rings (SSSR count). The van der Waals surface area contributed by atoms with Gasteiger partial charge in [0.25, 0.3) is 0 Å². The van der Waals surface area contributed by atoms with Crippen molar-refractivity contribution >= 4 is 23.3 Å². The zero-order valence-corrected chi connectivity index (χ0v) is 11.4. The predicted octanol–water partition coefficient (Wildman–Crippen LogP) is 3.43. The van der Waals surface area contributed by atoms with Crippen LogP contribution in [0.15, 0.2) is 53.0 Å². The first-order valence-electron chi connectivity index (χ1n) is 5.49. The lowest BCUT2D eigenvalue weighted by Crippen LogP contribution is -1.88. The van der Waals surface area contributed by atoms with Gasteiger partial charge >= 0.3 is 0 Å². The van der Waals surface area contributed by atoms with Gasteiger partial charge in [-0.3, -0.25) is 0 Å². The van der Waals surface area contributed by atoms with E-state index in [1.165, 1.54) is 11.9 Å². The molecule has 0 saturated heterocycles. The van der Waals surface area contributed by atoms with E-state index in [2.05, 4.69) is 16.2 Å². The van der Waals surface area contributed by atoms with E-state index in [1.807, 2.05) is 35.7 Å². The Morgan fingerprint density at radius 3 is 3.00 bits per heavy atom. The van der Waals surface area contributed by atoms with E-state index in [9.17, 15) is 0 Å². The minimum atomic E-state index is 0.642. The molecule has 0 unspecified atom stereocenters. The van der Waals surface area contributed by atoms with Gasteiger partial charge in [-0.25, -0.2) is 4.98 Å². The largest absolute Gasteiger partial charge is 0.213 e. The van der Waals surface area contributed by atoms with Crippen LogP contribution >= 0.6 is 23.3 Å². The van der Waals surface area contributed by atoms with E-state index in [4.69, 9.17) is 5.26 Å². The second-order valence-electron chi connectivity index (χ2n) is 3.68. The summed E-state index contributed by atoms with van der Waals surface area (Å²) < 4.78 is 1.70. The lowest BCUT2D eigenvalue weighted by atomic mass is 10.2. The fraction of sp³-hybridized carbons (Fsp3) is 0. The van der Waals surface area contributed by atoms with Gasteiger partial charge in [-0.15, -0.1) is 16.4 Å². The normalized spacial score (nSPS) is 10.3. The quantitative estimate of drug-likeness (QED) is 0.739. The van der Waals surface area contributed by atoms with Crippen LogP contribution in [0.5, 0.6) is 0 Å². The van der Waals surface area contributed by atoms with Crippen molar-refractivity contribution in [3.63, 3.8) is 0 Å². The van der Waals surface area contributed by atoms with E-state index in [0.717, 1.165) is 15.6 Å². The third-order valence-electron chi connectivity index (χ3n) is 2.38. The van der Waals surface area contributed by atoms with Crippen molar-refractivity contribution in [2.45, 2.75) is 4.90 Å². The third kappa shape index (κ3) is 2.67. The molecule has 0 spiro atoms. The van der Waals surface area contributed by atoms with Crippen LogP contribution in [0, 0.1) is 11.3 Å². The molecule has 19 heavy (non-hydrogen) atoms. The van der Waals surface area contributed by atoms with Crippen LogP contribution in [0.1, 0.15) is 5.56 Å². The number of hydrogen-bond acceptors (Lipinski definition) is 5. The number of aromatic nitrogens is 3. The summed E-state index contributed by atoms with van der Waals surface area (Å²) in [5, 5.41) is 15.3. The van der Waals surface area contributed by atoms with Crippen molar-refractivity contribution in [2.24, 2.45) is 0 Å². The Hall–Kier alpha value is -2.10. The van der Waals surface area contributed by atoms with Crippen LogP contribution in [0.25, 0.3) is 10.7 Å². The van der Waals surface area contributed by atoms with Crippen LogP contribution < -0.4 is 0 Å². The Kier molecular flexibility index (Phi) is 3.31. The zero-order chi connectivity index (χ0) is 13.1. The highest BCUT2D eigenvalue weighted by atomic mass is 32.2. The first-order chi connectivity index (χ1) is 9.35. The molecule has 2 aromatic heterocycles. The monoisotopic (exact) mass is 284 g/mol. The molecule has 0 aliphatic carbocycles. The summed E-state index contributed by atoms with van der Waals surface area (Å²) in [5.41, 5.74) is 0.642. The van der Waals surface area contributed by atoms with Gasteiger partial charge in [0.2, 0.25) is 0 Å². The first-order valence-corrected chi connectivity index (χ1v) is 7.14. The number of nitrogens with zero attached hydrogens (tertiary/aromatic N) is 4. The van der Waals surface area contributed by atoms with Crippen LogP contribution in [0.2, 0.25) is 0 Å². The van der Waals surface area contributed by atoms with E-state index in [-0.39, 0.29) is 0 Å². The maximum absolute atomic E-state index is 8.86. The summed E-state index contributed by atoms with van der Waals surface area (Å²) in [6.07, 6.45) is 1.68. The Morgan fingerprint density at radius 1 is 1.26 bits per heavy atom. The summed E-state index contributed by atoms with van der Waals surface area (Å²) in [6, 6.07) is 13.5. The van der Waals surface area contributed by atoms with Gasteiger partial charge in [-0.1, -0.05) is 12.1 Å². The molecular formula is C13H8N4S2. The van der Waals surface area contributed by atoms with Crippen molar-refractivity contribution < 1.29 is 0 Å². The molecule has 3 aromatic rings. The molecule has 0 radical (unpaired) electrons. The van der Waals surface area contributed by atoms with Crippen molar-refractivity contribution in [1.29, 1.82) is 5.26 Å². The first kappa shape index (κ1) is 12.0. The van der Waals surface area contributed by atoms with E-state index >= 15 is 0 Å². The van der Waals surface area contributed by atoms with Crippen LogP contribution in [-0.4, -0.2) is 14.2 Å². The molecule has 0 saturated carbocycles. The Bertz CT molecular complexity index is 725. The van der Waals surface area contributed by atoms with Gasteiger partial charge in [-0.2, -0.15) is 9.35 Å². The Balaban J connectivity index is 1.82. The minimum absolute atomic E-state index is 0.642. The van der Waals surface area contributed by atoms with Crippen molar-refractivity contribution in [2.75, 3.05) is 0 Å². The number of rotatable bonds is 3. The highest BCUT2D eigenvalue weighted by Crippen LogP contribution is 2.24. The Morgan fingerprint density at radius 2 is 2.21 bits per heavy atom. The molecule has 1 aromatic carbocycles. The van der Waals surface area contributed by atoms with Gasteiger partial charge in [0.1, 0.15) is 6.33 Å². The fourth-order valence-corrected chi connectivity index (χ4v) is 2.95. The van der Waals surface area contributed by atoms with Crippen LogP contribution in [0.4, 0.5) is 0 Å². The maximum atomic E-state index is 8.86. The number of thiophene rings is 1. The summed E-state index contributed by atoms with van der Waals surface area (Å²) in [6.45, 7) is 0. The van der Waals surface area contributed by atoms with Gasteiger partial charge in [0, 0.05) is 16.8 Å². The SMILES string of the molecule is N#Cc1cccc(Sn2cnc(-c3cccs3)n2)c1. The summed E-state index contributed by atoms with van der Waals surface area (Å²) >= 11 is 3.04. The van der Waals surface area contributed by atoms with Gasteiger partial charge < -0.3 is 0 Å². The molecule has 4 nitrogen and oxygen atoms in total. The molecule has 0 amide bonds. The highest BCUT2D eigenvalue weighted by Gasteiger charge is 2.06. The van der Waals surface area contributed by atoms with Crippen LogP contribution in [0.3, 0.4) is 0 Å². The maximum Gasteiger partial charge on any atom is 0.192 e. The van der Waals surface area contributed by atoms with Gasteiger partial charge in [0.15, 0.2) is 5.82 Å². The van der Waals surface area contributed by atoms with Crippen molar-refractivity contribution in [3.8, 4) is 16.8 Å². The predicted molar refractivity (Wildman–Crippen MR) is 75.7 cm³/mol. The second-order valence-corrected chi connectivity index (χ2v) is 5.65. The molecule has 0 aliphatic rings. The average Bonchev–Trinajstić information content (AvgIpc) is 3.09. The lowest BCUT2D eigenvalue weighted by Gasteiger charge is -1.99. The van der Waals surface area contributed by atoms with E-state index < -0.39 is 0 Å². The number of benzene rings is 1. The molecular weight excluding hydrogens is 276 g/mol. The van der Waals surface area contributed by atoms with Crippen molar-refractivity contribution in [1.82, 2.24) is 14.2 Å². The van der Waals surface area contributed by atoms with E-state index in [0.29, 0.717) is 5.56 Å². The summed E-state index contributed by atoms with van der Waals surface area (Å²) in [4.78, 5) is 6.28. The topological polar surface area (TPSA) is 54.5 Å². The van der Waals surface area contributed by atoms with Crippen molar-refractivity contribution in [3.05, 3.63) is 53.7 Å². The molecule has 92 valence electrons. The minimum Gasteiger partial charge on any atom is -0.213 e. The van der Waals surface area contributed by atoms with Crippen LogP contribution in [-0.2, 0) is 0 Å². The molecule has 2 heterocycles. The number of hydrogen-bond donors (Lipinski definition) is 0. The standard InChI is InChI=1S/C13H8N4S2/c14-8-10-3-1-4-11(7-10)19-17-9-15-13(16-17)12-5-2-6-18-12/h1-7,9H. The van der Waals surface area contributed by atoms with Gasteiger partial charge in [0.05, 0.1) is 16.5 Å². The summed E-state index contributed by atoms with van der Waals surface area (Å²) in [7, 11) is 0. The molecule has 0 N–H and O–H groups in total. The lowest BCUT2D eigenvalue weighted by molar-refractivity contribution is 1.01. The third-order valence-corrected chi connectivity index (χ3v) is 4.07. The second kappa shape index (κ2) is 5.26. The zero-order valence-electron chi connectivity index (χ0n) is 9.72.